The molecule has 0 aromatic heterocycles. The predicted octanol–water partition coefficient (Wildman–Crippen LogP) is 2.52. The molecule has 0 radical (unpaired) electrons. The summed E-state index contributed by atoms with van der Waals surface area (Å²) in [6.45, 7) is 0. The number of rotatable bonds is 4. The first kappa shape index (κ1) is 13.7. The van der Waals surface area contributed by atoms with Crippen LogP contribution in [0.15, 0.2) is 48.5 Å². The van der Waals surface area contributed by atoms with Crippen molar-refractivity contribution in [3.05, 3.63) is 70.8 Å². The lowest BCUT2D eigenvalue weighted by atomic mass is 9.95. The van der Waals surface area contributed by atoms with E-state index in [9.17, 15) is 14.4 Å². The molecule has 0 bridgehead atoms. The van der Waals surface area contributed by atoms with Crippen molar-refractivity contribution in [3.63, 3.8) is 0 Å². The molecule has 0 saturated heterocycles. The summed E-state index contributed by atoms with van der Waals surface area (Å²) in [5.41, 5.74) is 0.949. The van der Waals surface area contributed by atoms with Crippen LogP contribution in [0.4, 0.5) is 0 Å². The summed E-state index contributed by atoms with van der Waals surface area (Å²) in [6, 6.07) is 12.8. The number of carbonyl (C=O) groups is 3. The van der Waals surface area contributed by atoms with Crippen molar-refractivity contribution in [1.82, 2.24) is 0 Å². The number of carbonyl (C=O) groups excluding carboxylic acids is 3. The monoisotopic (exact) mass is 268 g/mol. The third-order valence-electron chi connectivity index (χ3n) is 2.91. The molecule has 0 N–H and O–H groups in total. The molecule has 0 aliphatic heterocycles. The first-order valence-corrected chi connectivity index (χ1v) is 5.95. The molecule has 0 aliphatic rings. The molecule has 0 fully saturated rings. The summed E-state index contributed by atoms with van der Waals surface area (Å²) < 4.78 is 4.66. The van der Waals surface area contributed by atoms with Crippen LogP contribution in [0.5, 0.6) is 0 Å². The molecule has 4 nitrogen and oxygen atoms in total. The number of esters is 1. The van der Waals surface area contributed by atoms with Crippen molar-refractivity contribution in [3.8, 4) is 0 Å². The summed E-state index contributed by atoms with van der Waals surface area (Å²) in [7, 11) is 1.25. The van der Waals surface area contributed by atoms with E-state index in [-0.39, 0.29) is 28.0 Å². The molecule has 2 aromatic carbocycles. The summed E-state index contributed by atoms with van der Waals surface area (Å²) >= 11 is 0. The summed E-state index contributed by atoms with van der Waals surface area (Å²) in [4.78, 5) is 35.2. The first-order valence-electron chi connectivity index (χ1n) is 5.95. The molecule has 20 heavy (non-hydrogen) atoms. The molecule has 4 heteroatoms. The standard InChI is InChI=1S/C16H12O4/c1-20-16(19)14-9-5-4-8-13(14)15(18)12-7-3-2-6-11(12)10-17/h2-10H,1H3. The largest absolute Gasteiger partial charge is 0.465 e. The molecule has 0 saturated carbocycles. The molecule has 100 valence electrons. The highest BCUT2D eigenvalue weighted by molar-refractivity contribution is 6.16. The molecule has 0 heterocycles. The Kier molecular flexibility index (Phi) is 4.05. The van der Waals surface area contributed by atoms with Gasteiger partial charge in [0, 0.05) is 16.7 Å². The van der Waals surface area contributed by atoms with Crippen molar-refractivity contribution in [2.75, 3.05) is 7.11 Å². The molecule has 2 aromatic rings. The second-order valence-electron chi connectivity index (χ2n) is 4.07. The fraction of sp³-hybridized carbons (Fsp3) is 0.0625. The SMILES string of the molecule is COC(=O)c1ccccc1C(=O)c1ccccc1C=O. The van der Waals surface area contributed by atoms with E-state index in [1.807, 2.05) is 0 Å². The lowest BCUT2D eigenvalue weighted by molar-refractivity contribution is 0.0597. The van der Waals surface area contributed by atoms with Crippen molar-refractivity contribution in [2.45, 2.75) is 0 Å². The Morgan fingerprint density at radius 2 is 1.45 bits per heavy atom. The van der Waals surface area contributed by atoms with Gasteiger partial charge in [0.1, 0.15) is 0 Å². The van der Waals surface area contributed by atoms with Gasteiger partial charge < -0.3 is 4.74 Å². The fourth-order valence-corrected chi connectivity index (χ4v) is 1.92. The Hall–Kier alpha value is -2.75. The van der Waals surface area contributed by atoms with Crippen LogP contribution in [0.1, 0.15) is 36.6 Å². The first-order chi connectivity index (χ1) is 9.69. The summed E-state index contributed by atoms with van der Waals surface area (Å²) in [5.74, 6) is -0.966. The minimum absolute atomic E-state index is 0.181. The molecular formula is C16H12O4. The van der Waals surface area contributed by atoms with Crippen LogP contribution in [0.2, 0.25) is 0 Å². The Bertz CT molecular complexity index is 674. The van der Waals surface area contributed by atoms with E-state index in [4.69, 9.17) is 0 Å². The van der Waals surface area contributed by atoms with Crippen LogP contribution in [0.25, 0.3) is 0 Å². The van der Waals surface area contributed by atoms with Crippen LogP contribution < -0.4 is 0 Å². The Balaban J connectivity index is 2.54. The van der Waals surface area contributed by atoms with Crippen LogP contribution in [0.3, 0.4) is 0 Å². The van der Waals surface area contributed by atoms with Crippen molar-refractivity contribution >= 4 is 18.0 Å². The van der Waals surface area contributed by atoms with E-state index in [0.29, 0.717) is 6.29 Å². The van der Waals surface area contributed by atoms with Crippen LogP contribution in [0, 0.1) is 0 Å². The third-order valence-corrected chi connectivity index (χ3v) is 2.91. The Labute approximate surface area is 116 Å². The number of aldehydes is 1. The lowest BCUT2D eigenvalue weighted by Crippen LogP contribution is -2.12. The molecule has 2 rings (SSSR count). The highest BCUT2D eigenvalue weighted by Crippen LogP contribution is 2.17. The quantitative estimate of drug-likeness (QED) is 0.485. The van der Waals surface area contributed by atoms with Gasteiger partial charge in [-0.05, 0) is 6.07 Å². The zero-order valence-corrected chi connectivity index (χ0v) is 10.8. The maximum absolute atomic E-state index is 12.5. The van der Waals surface area contributed by atoms with Gasteiger partial charge in [0.15, 0.2) is 12.1 Å². The van der Waals surface area contributed by atoms with E-state index in [0.717, 1.165) is 0 Å². The zero-order valence-electron chi connectivity index (χ0n) is 10.8. The third kappa shape index (κ3) is 2.49. The number of hydrogen-bond acceptors (Lipinski definition) is 4. The maximum Gasteiger partial charge on any atom is 0.338 e. The highest BCUT2D eigenvalue weighted by Gasteiger charge is 2.20. The van der Waals surface area contributed by atoms with Crippen LogP contribution >= 0.6 is 0 Å². The minimum Gasteiger partial charge on any atom is -0.465 e. The summed E-state index contributed by atoms with van der Waals surface area (Å²) in [5, 5.41) is 0. The van der Waals surface area contributed by atoms with Crippen LogP contribution in [-0.2, 0) is 4.74 Å². The molecular weight excluding hydrogens is 256 g/mol. The van der Waals surface area contributed by atoms with E-state index in [1.54, 1.807) is 36.4 Å². The van der Waals surface area contributed by atoms with E-state index < -0.39 is 5.97 Å². The Morgan fingerprint density at radius 3 is 2.05 bits per heavy atom. The fourth-order valence-electron chi connectivity index (χ4n) is 1.92. The number of methoxy groups -OCH3 is 1. The predicted molar refractivity (Wildman–Crippen MR) is 73.0 cm³/mol. The zero-order chi connectivity index (χ0) is 14.5. The molecule has 0 atom stereocenters. The van der Waals surface area contributed by atoms with Gasteiger partial charge in [0.05, 0.1) is 12.7 Å². The second-order valence-corrected chi connectivity index (χ2v) is 4.07. The smallest absolute Gasteiger partial charge is 0.338 e. The molecule has 0 aliphatic carbocycles. The molecule has 0 unspecified atom stereocenters. The molecule has 0 spiro atoms. The normalized spacial score (nSPS) is 9.85. The van der Waals surface area contributed by atoms with Gasteiger partial charge >= 0.3 is 5.97 Å². The van der Waals surface area contributed by atoms with Crippen LogP contribution in [-0.4, -0.2) is 25.1 Å². The average molecular weight is 268 g/mol. The van der Waals surface area contributed by atoms with Gasteiger partial charge in [-0.25, -0.2) is 4.79 Å². The average Bonchev–Trinajstić information content (AvgIpc) is 2.53. The number of ketones is 1. The van der Waals surface area contributed by atoms with Gasteiger partial charge in [-0.1, -0.05) is 42.5 Å². The molecule has 0 amide bonds. The Morgan fingerprint density at radius 1 is 0.900 bits per heavy atom. The summed E-state index contributed by atoms with van der Waals surface area (Å²) in [6.07, 6.45) is 0.619. The van der Waals surface area contributed by atoms with Gasteiger partial charge in [0.2, 0.25) is 0 Å². The number of benzene rings is 2. The van der Waals surface area contributed by atoms with Crippen molar-refractivity contribution in [2.24, 2.45) is 0 Å². The van der Waals surface area contributed by atoms with E-state index in [1.165, 1.54) is 19.2 Å². The second kappa shape index (κ2) is 5.93. The van der Waals surface area contributed by atoms with Crippen molar-refractivity contribution in [1.29, 1.82) is 0 Å². The van der Waals surface area contributed by atoms with Gasteiger partial charge in [0.25, 0.3) is 0 Å². The van der Waals surface area contributed by atoms with E-state index in [2.05, 4.69) is 4.74 Å². The van der Waals surface area contributed by atoms with E-state index >= 15 is 0 Å². The van der Waals surface area contributed by atoms with Gasteiger partial charge in [-0.15, -0.1) is 0 Å². The maximum atomic E-state index is 12.5. The number of ether oxygens (including phenoxy) is 1. The topological polar surface area (TPSA) is 60.4 Å². The number of hydrogen-bond donors (Lipinski definition) is 0. The highest BCUT2D eigenvalue weighted by atomic mass is 16.5. The minimum atomic E-state index is -0.586. The van der Waals surface area contributed by atoms with Crippen molar-refractivity contribution < 1.29 is 19.1 Å². The lowest BCUT2D eigenvalue weighted by Gasteiger charge is -2.08. The van der Waals surface area contributed by atoms with Gasteiger partial charge in [-0.3, -0.25) is 9.59 Å². The van der Waals surface area contributed by atoms with Gasteiger partial charge in [-0.2, -0.15) is 0 Å².